The number of methoxy groups -OCH3 is 1. The van der Waals surface area contributed by atoms with Crippen LogP contribution in [0, 0.1) is 5.82 Å². The van der Waals surface area contributed by atoms with Gasteiger partial charge in [-0.15, -0.1) is 0 Å². The zero-order valence-corrected chi connectivity index (χ0v) is 16.4. The smallest absolute Gasteiger partial charge is 0.336 e. The summed E-state index contributed by atoms with van der Waals surface area (Å²) in [4.78, 5) is 16.6. The number of carboxylic acids is 1. The Bertz CT molecular complexity index is 1460. The van der Waals surface area contributed by atoms with Crippen molar-refractivity contribution in [3.8, 4) is 28.1 Å². The Hall–Kier alpha value is -4.26. The molecule has 0 aliphatic heterocycles. The molecule has 0 bridgehead atoms. The van der Waals surface area contributed by atoms with Crippen LogP contribution in [-0.4, -0.2) is 33.4 Å². The Labute approximate surface area is 175 Å². The number of pyridine rings is 1. The monoisotopic (exact) mass is 413 g/mol. The number of aromatic carboxylic acids is 1. The molecule has 0 aliphatic rings. The second kappa shape index (κ2) is 7.21. The molecule has 5 rings (SSSR count). The number of aromatic amines is 1. The number of carboxylic acid groups (broad SMARTS) is 1. The van der Waals surface area contributed by atoms with E-state index < -0.39 is 5.97 Å². The number of benzene rings is 3. The number of rotatable bonds is 4. The molecule has 0 aliphatic carbocycles. The Kier molecular flexibility index (Phi) is 4.36. The van der Waals surface area contributed by atoms with Gasteiger partial charge in [0.2, 0.25) is 0 Å². The first kappa shape index (κ1) is 18.7. The molecule has 0 radical (unpaired) electrons. The van der Waals surface area contributed by atoms with Crippen LogP contribution in [0.25, 0.3) is 44.2 Å². The predicted octanol–water partition coefficient (Wildman–Crippen LogP) is 5.29. The van der Waals surface area contributed by atoms with Crippen molar-refractivity contribution < 1.29 is 19.0 Å². The second-order valence-corrected chi connectivity index (χ2v) is 7.05. The van der Waals surface area contributed by atoms with Crippen LogP contribution in [-0.2, 0) is 0 Å². The lowest BCUT2D eigenvalue weighted by Gasteiger charge is -2.17. The highest BCUT2D eigenvalue weighted by molar-refractivity contribution is 6.07. The highest BCUT2D eigenvalue weighted by atomic mass is 19.1. The molecular weight excluding hydrogens is 397 g/mol. The fraction of sp³-hybridized carbons (Fsp3) is 0.0417. The first-order valence-electron chi connectivity index (χ1n) is 9.50. The number of carbonyl (C=O) groups is 1. The van der Waals surface area contributed by atoms with E-state index in [2.05, 4.69) is 10.2 Å². The van der Waals surface area contributed by atoms with E-state index in [1.165, 1.54) is 25.3 Å². The van der Waals surface area contributed by atoms with Crippen molar-refractivity contribution in [2.24, 2.45) is 0 Å². The predicted molar refractivity (Wildman–Crippen MR) is 116 cm³/mol. The number of fused-ring (bicyclic) bond motifs is 2. The first-order chi connectivity index (χ1) is 15.1. The molecule has 0 saturated heterocycles. The quantitative estimate of drug-likeness (QED) is 0.418. The van der Waals surface area contributed by atoms with Gasteiger partial charge in [-0.2, -0.15) is 5.10 Å². The number of hydrogen-bond acceptors (Lipinski definition) is 4. The highest BCUT2D eigenvalue weighted by Gasteiger charge is 2.23. The fourth-order valence-corrected chi connectivity index (χ4v) is 3.85. The maximum absolute atomic E-state index is 13.6. The normalized spacial score (nSPS) is 11.2. The van der Waals surface area contributed by atoms with Crippen LogP contribution >= 0.6 is 0 Å². The molecule has 0 fully saturated rings. The van der Waals surface area contributed by atoms with Gasteiger partial charge in [0.25, 0.3) is 0 Å². The molecule has 2 heterocycles. The van der Waals surface area contributed by atoms with E-state index >= 15 is 0 Å². The molecule has 152 valence electrons. The zero-order valence-electron chi connectivity index (χ0n) is 16.4. The summed E-state index contributed by atoms with van der Waals surface area (Å²) >= 11 is 0. The lowest BCUT2D eigenvalue weighted by molar-refractivity contribution is 0.0697. The van der Waals surface area contributed by atoms with E-state index in [9.17, 15) is 14.3 Å². The minimum atomic E-state index is -1.06. The van der Waals surface area contributed by atoms with Crippen LogP contribution in [0.1, 0.15) is 10.4 Å². The molecule has 2 N–H and O–H groups in total. The van der Waals surface area contributed by atoms with E-state index in [-0.39, 0.29) is 11.4 Å². The van der Waals surface area contributed by atoms with E-state index in [4.69, 9.17) is 9.72 Å². The SMILES string of the molecule is COc1c(-c2ccccc2C(=O)O)nc2cc3[nH]ncc3cc2c1-c1ccc(F)cc1. The first-order valence-corrected chi connectivity index (χ1v) is 9.50. The maximum Gasteiger partial charge on any atom is 0.336 e. The van der Waals surface area contributed by atoms with Crippen LogP contribution < -0.4 is 4.74 Å². The van der Waals surface area contributed by atoms with Gasteiger partial charge >= 0.3 is 5.97 Å². The molecule has 7 heteroatoms. The van der Waals surface area contributed by atoms with Crippen LogP contribution in [0.5, 0.6) is 5.75 Å². The molecule has 31 heavy (non-hydrogen) atoms. The molecule has 6 nitrogen and oxygen atoms in total. The van der Waals surface area contributed by atoms with E-state index in [0.29, 0.717) is 28.1 Å². The minimum Gasteiger partial charge on any atom is -0.494 e. The summed E-state index contributed by atoms with van der Waals surface area (Å²) in [5.41, 5.74) is 3.79. The van der Waals surface area contributed by atoms with Gasteiger partial charge in [0.1, 0.15) is 11.5 Å². The standard InChI is InChI=1S/C24H16FN3O3/c1-31-23-21(13-6-8-15(25)9-7-13)18-10-14-12-26-28-19(14)11-20(18)27-22(23)16-4-2-3-5-17(16)24(29)30/h2-12H,1H3,(H,26,28)(H,29,30). The van der Waals surface area contributed by atoms with E-state index in [1.54, 1.807) is 36.5 Å². The Balaban J connectivity index is 1.94. The van der Waals surface area contributed by atoms with Gasteiger partial charge in [-0.05, 0) is 35.9 Å². The summed E-state index contributed by atoms with van der Waals surface area (Å²) < 4.78 is 19.4. The van der Waals surface area contributed by atoms with Crippen molar-refractivity contribution >= 4 is 27.8 Å². The van der Waals surface area contributed by atoms with Gasteiger partial charge in [-0.25, -0.2) is 14.2 Å². The number of halogens is 1. The topological polar surface area (TPSA) is 88.1 Å². The van der Waals surface area contributed by atoms with Crippen molar-refractivity contribution in [2.45, 2.75) is 0 Å². The molecule has 0 atom stereocenters. The largest absolute Gasteiger partial charge is 0.494 e. The maximum atomic E-state index is 13.6. The summed E-state index contributed by atoms with van der Waals surface area (Å²) in [6.07, 6.45) is 1.71. The third kappa shape index (κ3) is 3.07. The van der Waals surface area contributed by atoms with Crippen LogP contribution in [0.4, 0.5) is 4.39 Å². The van der Waals surface area contributed by atoms with Crippen LogP contribution in [0.2, 0.25) is 0 Å². The lowest BCUT2D eigenvalue weighted by atomic mass is 9.94. The van der Waals surface area contributed by atoms with Crippen LogP contribution in [0.15, 0.2) is 66.9 Å². The zero-order chi connectivity index (χ0) is 21.5. The van der Waals surface area contributed by atoms with Crippen molar-refractivity contribution in [1.82, 2.24) is 15.2 Å². The van der Waals surface area contributed by atoms with Gasteiger partial charge in [0.05, 0.1) is 29.9 Å². The van der Waals surface area contributed by atoms with E-state index in [0.717, 1.165) is 21.9 Å². The number of nitrogens with zero attached hydrogens (tertiary/aromatic N) is 2. The Morgan fingerprint density at radius 2 is 1.87 bits per heavy atom. The average Bonchev–Trinajstić information content (AvgIpc) is 3.24. The molecule has 0 amide bonds. The summed E-state index contributed by atoms with van der Waals surface area (Å²) in [5, 5.41) is 18.4. The molecule has 0 saturated carbocycles. The van der Waals surface area contributed by atoms with Gasteiger partial charge < -0.3 is 9.84 Å². The number of nitrogens with one attached hydrogen (secondary N) is 1. The molecule has 5 aromatic rings. The number of hydrogen-bond donors (Lipinski definition) is 2. The van der Waals surface area contributed by atoms with Gasteiger partial charge in [0.15, 0.2) is 5.75 Å². The summed E-state index contributed by atoms with van der Waals surface area (Å²) in [5.74, 6) is -1.00. The van der Waals surface area contributed by atoms with Crippen LogP contribution in [0.3, 0.4) is 0 Å². The average molecular weight is 413 g/mol. The van der Waals surface area contributed by atoms with Crippen molar-refractivity contribution in [3.63, 3.8) is 0 Å². The Morgan fingerprint density at radius 3 is 2.61 bits per heavy atom. The summed E-state index contributed by atoms with van der Waals surface area (Å²) in [7, 11) is 1.51. The third-order valence-corrected chi connectivity index (χ3v) is 5.25. The second-order valence-electron chi connectivity index (χ2n) is 7.05. The number of H-pyrrole nitrogens is 1. The Morgan fingerprint density at radius 1 is 1.10 bits per heavy atom. The molecule has 0 unspecified atom stereocenters. The van der Waals surface area contributed by atoms with Crippen molar-refractivity contribution in [3.05, 3.63) is 78.2 Å². The van der Waals surface area contributed by atoms with Gasteiger partial charge in [-0.3, -0.25) is 5.10 Å². The number of ether oxygens (including phenoxy) is 1. The third-order valence-electron chi connectivity index (χ3n) is 5.25. The van der Waals surface area contributed by atoms with Crippen molar-refractivity contribution in [1.29, 1.82) is 0 Å². The summed E-state index contributed by atoms with van der Waals surface area (Å²) in [6, 6.07) is 16.5. The van der Waals surface area contributed by atoms with Gasteiger partial charge in [0, 0.05) is 21.9 Å². The minimum absolute atomic E-state index is 0.111. The highest BCUT2D eigenvalue weighted by Crippen LogP contribution is 2.44. The van der Waals surface area contributed by atoms with E-state index in [1.807, 2.05) is 12.1 Å². The summed E-state index contributed by atoms with van der Waals surface area (Å²) in [6.45, 7) is 0. The number of aromatic nitrogens is 3. The molecule has 0 spiro atoms. The molecule has 3 aromatic carbocycles. The van der Waals surface area contributed by atoms with Gasteiger partial charge in [-0.1, -0.05) is 30.3 Å². The molecule has 2 aromatic heterocycles. The lowest BCUT2D eigenvalue weighted by Crippen LogP contribution is -2.03. The fourth-order valence-electron chi connectivity index (χ4n) is 3.85. The van der Waals surface area contributed by atoms with Crippen molar-refractivity contribution in [2.75, 3.05) is 7.11 Å². The molecular formula is C24H16FN3O3.